The number of rotatable bonds is 7. The second-order valence-corrected chi connectivity index (χ2v) is 6.69. The van der Waals surface area contributed by atoms with Gasteiger partial charge in [0.1, 0.15) is 6.04 Å². The zero-order valence-electron chi connectivity index (χ0n) is 13.6. The molecule has 0 saturated heterocycles. The van der Waals surface area contributed by atoms with Crippen LogP contribution < -0.4 is 10.6 Å². The minimum Gasteiger partial charge on any atom is -0.480 e. The van der Waals surface area contributed by atoms with Crippen LogP contribution >= 0.6 is 0 Å². The van der Waals surface area contributed by atoms with E-state index in [1.807, 2.05) is 34.6 Å². The molecule has 0 aromatic rings. The maximum atomic E-state index is 12.0. The van der Waals surface area contributed by atoms with Gasteiger partial charge in [-0.05, 0) is 25.7 Å². The highest BCUT2D eigenvalue weighted by atomic mass is 16.5. The van der Waals surface area contributed by atoms with Crippen LogP contribution in [0.1, 0.15) is 47.5 Å². The summed E-state index contributed by atoms with van der Waals surface area (Å²) >= 11 is 0. The van der Waals surface area contributed by atoms with Gasteiger partial charge in [0, 0.05) is 18.1 Å². The zero-order valence-corrected chi connectivity index (χ0v) is 13.6. The number of carbonyl (C=O) groups excluding carboxylic acids is 1. The van der Waals surface area contributed by atoms with E-state index in [-0.39, 0.29) is 23.5 Å². The first-order valence-electron chi connectivity index (χ1n) is 7.59. The minimum absolute atomic E-state index is 0.00236. The quantitative estimate of drug-likeness (QED) is 0.671. The fraction of sp³-hybridized carbons (Fsp3) is 0.867. The van der Waals surface area contributed by atoms with Crippen LogP contribution in [0.4, 0.5) is 4.79 Å². The molecule has 1 aliphatic rings. The van der Waals surface area contributed by atoms with E-state index in [9.17, 15) is 9.59 Å². The summed E-state index contributed by atoms with van der Waals surface area (Å²) in [6.07, 6.45) is 1.31. The van der Waals surface area contributed by atoms with Gasteiger partial charge in [-0.2, -0.15) is 0 Å². The summed E-state index contributed by atoms with van der Waals surface area (Å²) < 4.78 is 5.61. The highest BCUT2D eigenvalue weighted by Gasteiger charge is 2.49. The first-order valence-corrected chi connectivity index (χ1v) is 7.59. The Morgan fingerprint density at radius 2 is 2.00 bits per heavy atom. The van der Waals surface area contributed by atoms with Crippen LogP contribution in [0.3, 0.4) is 0 Å². The second-order valence-electron chi connectivity index (χ2n) is 6.69. The van der Waals surface area contributed by atoms with E-state index in [1.165, 1.54) is 0 Å². The second kappa shape index (κ2) is 7.11. The van der Waals surface area contributed by atoms with Gasteiger partial charge in [0.25, 0.3) is 0 Å². The molecule has 3 unspecified atom stereocenters. The first-order chi connectivity index (χ1) is 9.68. The molecule has 21 heavy (non-hydrogen) atoms. The molecular formula is C15H28N2O4. The lowest BCUT2D eigenvalue weighted by Crippen LogP contribution is -2.64. The average Bonchev–Trinajstić information content (AvgIpc) is 2.36. The minimum atomic E-state index is -1.00. The fourth-order valence-electron chi connectivity index (χ4n) is 2.67. The van der Waals surface area contributed by atoms with Gasteiger partial charge in [-0.1, -0.05) is 27.7 Å². The predicted octanol–water partition coefficient (Wildman–Crippen LogP) is 1.99. The lowest BCUT2D eigenvalue weighted by atomic mass is 9.64. The first kappa shape index (κ1) is 17.8. The van der Waals surface area contributed by atoms with Crippen molar-refractivity contribution in [3.63, 3.8) is 0 Å². The van der Waals surface area contributed by atoms with Crippen molar-refractivity contribution >= 4 is 12.0 Å². The Morgan fingerprint density at radius 3 is 2.43 bits per heavy atom. The molecule has 3 N–H and O–H groups in total. The topological polar surface area (TPSA) is 87.7 Å². The summed E-state index contributed by atoms with van der Waals surface area (Å²) in [4.78, 5) is 23.1. The number of amides is 2. The normalized spacial score (nSPS) is 25.0. The van der Waals surface area contributed by atoms with Crippen LogP contribution in [-0.4, -0.2) is 41.9 Å². The Balaban J connectivity index is 2.49. The lowest BCUT2D eigenvalue weighted by Gasteiger charge is -2.51. The zero-order chi connectivity index (χ0) is 16.2. The van der Waals surface area contributed by atoms with Crippen molar-refractivity contribution in [2.24, 2.45) is 11.3 Å². The maximum Gasteiger partial charge on any atom is 0.326 e. The number of ether oxygens (including phenoxy) is 1. The van der Waals surface area contributed by atoms with Crippen molar-refractivity contribution in [1.29, 1.82) is 0 Å². The van der Waals surface area contributed by atoms with Crippen molar-refractivity contribution in [3.05, 3.63) is 0 Å². The molecule has 1 rings (SSSR count). The predicted molar refractivity (Wildman–Crippen MR) is 80.1 cm³/mol. The third kappa shape index (κ3) is 4.59. The van der Waals surface area contributed by atoms with Gasteiger partial charge in [-0.15, -0.1) is 0 Å². The summed E-state index contributed by atoms with van der Waals surface area (Å²) in [5.41, 5.74) is -0.135. The van der Waals surface area contributed by atoms with Gasteiger partial charge >= 0.3 is 12.0 Å². The van der Waals surface area contributed by atoms with Crippen molar-refractivity contribution in [1.82, 2.24) is 10.6 Å². The number of urea groups is 1. The number of hydrogen-bond donors (Lipinski definition) is 3. The summed E-state index contributed by atoms with van der Waals surface area (Å²) in [5, 5.41) is 14.5. The Morgan fingerprint density at radius 1 is 1.38 bits per heavy atom. The molecular weight excluding hydrogens is 272 g/mol. The van der Waals surface area contributed by atoms with E-state index >= 15 is 0 Å². The molecule has 6 nitrogen and oxygen atoms in total. The number of nitrogens with one attached hydrogen (secondary N) is 2. The van der Waals surface area contributed by atoms with Gasteiger partial charge < -0.3 is 20.5 Å². The molecule has 122 valence electrons. The number of hydrogen-bond acceptors (Lipinski definition) is 3. The summed E-state index contributed by atoms with van der Waals surface area (Å²) in [6, 6.07) is -1.27. The van der Waals surface area contributed by atoms with E-state index in [0.717, 1.165) is 6.42 Å². The number of carbonyl (C=O) groups is 2. The van der Waals surface area contributed by atoms with E-state index < -0.39 is 18.0 Å². The SMILES string of the molecule is CCOC1CC(NC(=O)NC(CC(C)C)C(=O)O)C1(C)C. The lowest BCUT2D eigenvalue weighted by molar-refractivity contribution is -0.139. The smallest absolute Gasteiger partial charge is 0.326 e. The summed E-state index contributed by atoms with van der Waals surface area (Å²) in [5.74, 6) is -0.798. The third-order valence-electron chi connectivity index (χ3n) is 4.16. The van der Waals surface area contributed by atoms with Crippen LogP contribution in [-0.2, 0) is 9.53 Å². The molecule has 0 aliphatic heterocycles. The molecule has 0 spiro atoms. The Kier molecular flexibility index (Phi) is 6.01. The van der Waals surface area contributed by atoms with Gasteiger partial charge in [-0.25, -0.2) is 9.59 Å². The van der Waals surface area contributed by atoms with Crippen LogP contribution in [0.2, 0.25) is 0 Å². The molecule has 1 saturated carbocycles. The average molecular weight is 300 g/mol. The van der Waals surface area contributed by atoms with Gasteiger partial charge in [0.05, 0.1) is 6.10 Å². The Bertz CT molecular complexity index is 382. The maximum absolute atomic E-state index is 12.0. The van der Waals surface area contributed by atoms with Crippen molar-refractivity contribution < 1.29 is 19.4 Å². The van der Waals surface area contributed by atoms with Gasteiger partial charge in [-0.3, -0.25) is 0 Å². The monoisotopic (exact) mass is 300 g/mol. The fourth-order valence-corrected chi connectivity index (χ4v) is 2.67. The van der Waals surface area contributed by atoms with Crippen LogP contribution in [0.5, 0.6) is 0 Å². The summed E-state index contributed by atoms with van der Waals surface area (Å²) in [6.45, 7) is 10.6. The largest absolute Gasteiger partial charge is 0.480 e. The molecule has 3 atom stereocenters. The molecule has 0 radical (unpaired) electrons. The molecule has 0 bridgehead atoms. The van der Waals surface area contributed by atoms with Crippen molar-refractivity contribution in [2.75, 3.05) is 6.61 Å². The molecule has 1 aliphatic carbocycles. The van der Waals surface area contributed by atoms with E-state index in [1.54, 1.807) is 0 Å². The van der Waals surface area contributed by atoms with Crippen LogP contribution in [0.25, 0.3) is 0 Å². The number of carboxylic acids is 1. The number of aliphatic carboxylic acids is 1. The van der Waals surface area contributed by atoms with Crippen LogP contribution in [0, 0.1) is 11.3 Å². The molecule has 1 fully saturated rings. The Labute approximate surface area is 126 Å². The summed E-state index contributed by atoms with van der Waals surface area (Å²) in [7, 11) is 0. The Hall–Kier alpha value is -1.30. The molecule has 0 heterocycles. The van der Waals surface area contributed by atoms with Crippen molar-refractivity contribution in [3.8, 4) is 0 Å². The molecule has 0 aromatic heterocycles. The molecule has 0 aromatic carbocycles. The van der Waals surface area contributed by atoms with Gasteiger partial charge in [0.15, 0.2) is 0 Å². The highest BCUT2D eigenvalue weighted by molar-refractivity contribution is 5.82. The van der Waals surface area contributed by atoms with Crippen LogP contribution in [0.15, 0.2) is 0 Å². The highest BCUT2D eigenvalue weighted by Crippen LogP contribution is 2.42. The number of carboxylic acid groups (broad SMARTS) is 1. The van der Waals surface area contributed by atoms with E-state index in [2.05, 4.69) is 10.6 Å². The van der Waals surface area contributed by atoms with E-state index in [4.69, 9.17) is 9.84 Å². The third-order valence-corrected chi connectivity index (χ3v) is 4.16. The van der Waals surface area contributed by atoms with Crippen molar-refractivity contribution in [2.45, 2.75) is 65.6 Å². The standard InChI is InChI=1S/C15H28N2O4/c1-6-21-12-8-11(15(12,4)5)17-14(20)16-10(13(18)19)7-9(2)3/h9-12H,6-8H2,1-5H3,(H,18,19)(H2,16,17,20). The molecule has 6 heteroatoms. The molecule has 2 amide bonds. The van der Waals surface area contributed by atoms with E-state index in [0.29, 0.717) is 13.0 Å². The van der Waals surface area contributed by atoms with Gasteiger partial charge in [0.2, 0.25) is 0 Å².